The van der Waals surface area contributed by atoms with E-state index in [0.717, 1.165) is 29.3 Å². The predicted molar refractivity (Wildman–Crippen MR) is 123 cm³/mol. The van der Waals surface area contributed by atoms with Gasteiger partial charge in [-0.3, -0.25) is 0 Å². The van der Waals surface area contributed by atoms with E-state index < -0.39 is 10.0 Å². The third kappa shape index (κ3) is 5.73. The van der Waals surface area contributed by atoms with Crippen LogP contribution >= 0.6 is 11.6 Å². The van der Waals surface area contributed by atoms with E-state index in [1.165, 1.54) is 16.6 Å². The molecule has 0 N–H and O–H groups in total. The molecule has 170 valence electrons. The van der Waals surface area contributed by atoms with Crippen LogP contribution in [0.5, 0.6) is 0 Å². The Labute approximate surface area is 189 Å². The SMILES string of the molecule is CCc1nc(CC(C)C)nc(N2CCN(S(C)(=O)=O)CC2)c1Cc1c(F)cccc1Cl. The molecule has 0 spiro atoms. The summed E-state index contributed by atoms with van der Waals surface area (Å²) in [4.78, 5) is 11.7. The molecule has 2 heterocycles. The summed E-state index contributed by atoms with van der Waals surface area (Å²) < 4.78 is 39.9. The monoisotopic (exact) mass is 468 g/mol. The Hall–Kier alpha value is -1.77. The molecule has 0 bridgehead atoms. The second-order valence-electron chi connectivity index (χ2n) is 8.37. The Kier molecular flexibility index (Phi) is 7.55. The molecule has 3 rings (SSSR count). The van der Waals surface area contributed by atoms with Crippen molar-refractivity contribution < 1.29 is 12.8 Å². The number of benzene rings is 1. The van der Waals surface area contributed by atoms with E-state index in [1.807, 2.05) is 6.92 Å². The molecule has 1 aromatic heterocycles. The van der Waals surface area contributed by atoms with Crippen LogP contribution in [0.2, 0.25) is 5.02 Å². The van der Waals surface area contributed by atoms with Gasteiger partial charge in [-0.25, -0.2) is 22.8 Å². The van der Waals surface area contributed by atoms with Gasteiger partial charge in [-0.1, -0.05) is 38.4 Å². The molecule has 1 aliphatic rings. The summed E-state index contributed by atoms with van der Waals surface area (Å²) in [6.07, 6.45) is 2.95. The Morgan fingerprint density at radius 2 is 1.81 bits per heavy atom. The van der Waals surface area contributed by atoms with Gasteiger partial charge in [-0.05, 0) is 24.5 Å². The van der Waals surface area contributed by atoms with Gasteiger partial charge in [0.1, 0.15) is 17.5 Å². The molecular weight excluding hydrogens is 439 g/mol. The highest BCUT2D eigenvalue weighted by Gasteiger charge is 2.27. The molecule has 1 fully saturated rings. The van der Waals surface area contributed by atoms with Crippen LogP contribution in [0.1, 0.15) is 43.4 Å². The second-order valence-corrected chi connectivity index (χ2v) is 10.8. The normalized spacial score (nSPS) is 15.6. The number of nitrogens with zero attached hydrogens (tertiary/aromatic N) is 4. The van der Waals surface area contributed by atoms with Crippen molar-refractivity contribution in [1.82, 2.24) is 14.3 Å². The smallest absolute Gasteiger partial charge is 0.211 e. The standard InChI is InChI=1S/C22H30ClFN4O2S/c1-5-20-17(14-16-18(23)7-6-8-19(16)24)22(26-21(25-20)13-15(2)3)27-9-11-28(12-10-27)31(4,29)30/h6-8,15H,5,9-14H2,1-4H3. The van der Waals surface area contributed by atoms with Crippen LogP contribution in [0.4, 0.5) is 10.2 Å². The number of rotatable bonds is 7. The third-order valence-electron chi connectivity index (χ3n) is 5.47. The van der Waals surface area contributed by atoms with Crippen LogP contribution in [0.25, 0.3) is 0 Å². The second kappa shape index (κ2) is 9.79. The van der Waals surface area contributed by atoms with Gasteiger partial charge in [0.05, 0.1) is 6.26 Å². The van der Waals surface area contributed by atoms with Crippen molar-refractivity contribution in [3.05, 3.63) is 51.7 Å². The number of hydrogen-bond acceptors (Lipinski definition) is 5. The first-order valence-electron chi connectivity index (χ1n) is 10.6. The summed E-state index contributed by atoms with van der Waals surface area (Å²) >= 11 is 6.31. The van der Waals surface area contributed by atoms with Gasteiger partial charge in [0.15, 0.2) is 0 Å². The maximum atomic E-state index is 14.6. The molecule has 1 aromatic carbocycles. The van der Waals surface area contributed by atoms with Gasteiger partial charge in [0.2, 0.25) is 10.0 Å². The number of sulfonamides is 1. The van der Waals surface area contributed by atoms with E-state index in [1.54, 1.807) is 12.1 Å². The first-order valence-corrected chi connectivity index (χ1v) is 12.8. The van der Waals surface area contributed by atoms with Crippen molar-refractivity contribution in [2.75, 3.05) is 37.3 Å². The highest BCUT2D eigenvalue weighted by Crippen LogP contribution is 2.30. The zero-order valence-electron chi connectivity index (χ0n) is 18.5. The Bertz CT molecular complexity index is 1020. The molecule has 31 heavy (non-hydrogen) atoms. The number of aromatic nitrogens is 2. The Morgan fingerprint density at radius 3 is 2.35 bits per heavy atom. The molecule has 6 nitrogen and oxygen atoms in total. The zero-order chi connectivity index (χ0) is 22.8. The Morgan fingerprint density at radius 1 is 1.13 bits per heavy atom. The quantitative estimate of drug-likeness (QED) is 0.619. The van der Waals surface area contributed by atoms with E-state index in [0.29, 0.717) is 49.1 Å². The summed E-state index contributed by atoms with van der Waals surface area (Å²) in [6, 6.07) is 4.69. The molecule has 9 heteroatoms. The molecular formula is C22H30ClFN4O2S. The summed E-state index contributed by atoms with van der Waals surface area (Å²) in [7, 11) is -3.23. The fraction of sp³-hybridized carbons (Fsp3) is 0.545. The molecule has 1 aliphatic heterocycles. The molecule has 0 aliphatic carbocycles. The fourth-order valence-corrected chi connectivity index (χ4v) is 4.92. The average Bonchev–Trinajstić information content (AvgIpc) is 2.70. The van der Waals surface area contributed by atoms with E-state index in [2.05, 4.69) is 18.7 Å². The summed E-state index contributed by atoms with van der Waals surface area (Å²) in [5.41, 5.74) is 2.16. The first kappa shape index (κ1) is 23.9. The summed E-state index contributed by atoms with van der Waals surface area (Å²) in [6.45, 7) is 8.09. The van der Waals surface area contributed by atoms with Crippen molar-refractivity contribution in [3.8, 4) is 0 Å². The predicted octanol–water partition coefficient (Wildman–Crippen LogP) is 3.70. The minimum absolute atomic E-state index is 0.290. The minimum atomic E-state index is -3.23. The largest absolute Gasteiger partial charge is 0.354 e. The highest BCUT2D eigenvalue weighted by atomic mass is 35.5. The van der Waals surface area contributed by atoms with Gasteiger partial charge < -0.3 is 4.90 Å². The lowest BCUT2D eigenvalue weighted by Crippen LogP contribution is -2.49. The topological polar surface area (TPSA) is 66.4 Å². The summed E-state index contributed by atoms with van der Waals surface area (Å²) in [5, 5.41) is 0.376. The van der Waals surface area contributed by atoms with Crippen molar-refractivity contribution in [3.63, 3.8) is 0 Å². The number of halogens is 2. The van der Waals surface area contributed by atoms with Crippen LogP contribution in [0, 0.1) is 11.7 Å². The van der Waals surface area contributed by atoms with E-state index >= 15 is 0 Å². The van der Waals surface area contributed by atoms with Gasteiger partial charge in [-0.2, -0.15) is 4.31 Å². The van der Waals surface area contributed by atoms with Crippen LogP contribution in [-0.4, -0.2) is 55.1 Å². The average molecular weight is 469 g/mol. The molecule has 0 amide bonds. The molecule has 1 saturated heterocycles. The van der Waals surface area contributed by atoms with Crippen molar-refractivity contribution in [1.29, 1.82) is 0 Å². The van der Waals surface area contributed by atoms with Crippen molar-refractivity contribution in [2.24, 2.45) is 5.92 Å². The van der Waals surface area contributed by atoms with E-state index in [-0.39, 0.29) is 12.2 Å². The van der Waals surface area contributed by atoms with Crippen LogP contribution in [0.15, 0.2) is 18.2 Å². The summed E-state index contributed by atoms with van der Waals surface area (Å²) in [5.74, 6) is 1.56. The molecule has 0 radical (unpaired) electrons. The molecule has 0 atom stereocenters. The minimum Gasteiger partial charge on any atom is -0.354 e. The zero-order valence-corrected chi connectivity index (χ0v) is 20.1. The Balaban J connectivity index is 2.04. The van der Waals surface area contributed by atoms with Gasteiger partial charge in [-0.15, -0.1) is 0 Å². The maximum absolute atomic E-state index is 14.6. The third-order valence-corrected chi connectivity index (χ3v) is 7.12. The van der Waals surface area contributed by atoms with E-state index in [9.17, 15) is 12.8 Å². The number of aryl methyl sites for hydroxylation is 1. The lowest BCUT2D eigenvalue weighted by atomic mass is 10.0. The number of anilines is 1. The van der Waals surface area contributed by atoms with Gasteiger partial charge in [0, 0.05) is 60.9 Å². The first-order chi connectivity index (χ1) is 14.6. The van der Waals surface area contributed by atoms with Gasteiger partial charge >= 0.3 is 0 Å². The lowest BCUT2D eigenvalue weighted by Gasteiger charge is -2.35. The van der Waals surface area contributed by atoms with E-state index in [4.69, 9.17) is 21.6 Å². The van der Waals surface area contributed by atoms with Crippen LogP contribution < -0.4 is 4.90 Å². The van der Waals surface area contributed by atoms with Crippen molar-refractivity contribution >= 4 is 27.4 Å². The lowest BCUT2D eigenvalue weighted by molar-refractivity contribution is 0.386. The fourth-order valence-electron chi connectivity index (χ4n) is 3.87. The molecule has 2 aromatic rings. The van der Waals surface area contributed by atoms with Crippen LogP contribution in [-0.2, 0) is 29.3 Å². The molecule has 0 unspecified atom stereocenters. The van der Waals surface area contributed by atoms with Crippen LogP contribution in [0.3, 0.4) is 0 Å². The highest BCUT2D eigenvalue weighted by molar-refractivity contribution is 7.88. The number of hydrogen-bond donors (Lipinski definition) is 0. The van der Waals surface area contributed by atoms with Gasteiger partial charge in [0.25, 0.3) is 0 Å². The number of piperazine rings is 1. The maximum Gasteiger partial charge on any atom is 0.211 e. The molecule has 0 saturated carbocycles. The van der Waals surface area contributed by atoms with Crippen molar-refractivity contribution in [2.45, 2.75) is 40.0 Å².